The SMILES string of the molecule is Cn1c2ncccc2c2c1[n+](C)c1n2Cc2ccncc2-1. The number of nitrogens with zero attached hydrogens (tertiary/aromatic N) is 5. The molecule has 102 valence electrons. The molecule has 5 heterocycles. The van der Waals surface area contributed by atoms with Crippen LogP contribution in [0.25, 0.3) is 33.6 Å². The molecule has 1 aliphatic heterocycles. The van der Waals surface area contributed by atoms with E-state index < -0.39 is 0 Å². The fourth-order valence-electron chi connectivity index (χ4n) is 3.68. The van der Waals surface area contributed by atoms with E-state index in [1.807, 2.05) is 24.7 Å². The van der Waals surface area contributed by atoms with E-state index in [2.05, 4.69) is 49.9 Å². The van der Waals surface area contributed by atoms with Crippen molar-refractivity contribution < 1.29 is 4.57 Å². The molecule has 0 amide bonds. The fourth-order valence-corrected chi connectivity index (χ4v) is 3.68. The van der Waals surface area contributed by atoms with Crippen molar-refractivity contribution in [2.24, 2.45) is 14.1 Å². The molecule has 4 aromatic rings. The number of aryl methyl sites for hydroxylation is 2. The summed E-state index contributed by atoms with van der Waals surface area (Å²) in [5.74, 6) is 1.23. The Kier molecular flexibility index (Phi) is 1.83. The van der Waals surface area contributed by atoms with E-state index in [0.29, 0.717) is 0 Å². The van der Waals surface area contributed by atoms with Crippen LogP contribution in [0.15, 0.2) is 36.8 Å². The Balaban J connectivity index is 2.03. The average Bonchev–Trinajstić information content (AvgIpc) is 3.11. The van der Waals surface area contributed by atoms with E-state index in [0.717, 1.165) is 12.2 Å². The molecule has 0 atom stereocenters. The van der Waals surface area contributed by atoms with Gasteiger partial charge in [-0.25, -0.2) is 18.7 Å². The molecule has 1 aliphatic rings. The normalized spacial score (nSPS) is 13.0. The minimum Gasteiger partial charge on any atom is -0.264 e. The van der Waals surface area contributed by atoms with Crippen LogP contribution >= 0.6 is 0 Å². The minimum absolute atomic E-state index is 0.901. The summed E-state index contributed by atoms with van der Waals surface area (Å²) in [7, 11) is 4.20. The molecule has 0 saturated heterocycles. The Hall–Kier alpha value is -2.69. The van der Waals surface area contributed by atoms with Gasteiger partial charge in [-0.1, -0.05) is 0 Å². The van der Waals surface area contributed by atoms with E-state index in [9.17, 15) is 0 Å². The van der Waals surface area contributed by atoms with Gasteiger partial charge in [0.1, 0.15) is 0 Å². The predicted molar refractivity (Wildman–Crippen MR) is 79.7 cm³/mol. The lowest BCUT2D eigenvalue weighted by atomic mass is 10.2. The van der Waals surface area contributed by atoms with Crippen molar-refractivity contribution in [3.63, 3.8) is 0 Å². The molecule has 0 radical (unpaired) electrons. The van der Waals surface area contributed by atoms with Crippen LogP contribution in [0.1, 0.15) is 5.56 Å². The smallest absolute Gasteiger partial charge is 0.264 e. The molecule has 21 heavy (non-hydrogen) atoms. The van der Waals surface area contributed by atoms with Crippen LogP contribution in [0.3, 0.4) is 0 Å². The molecule has 5 nitrogen and oxygen atoms in total. The molecule has 0 saturated carbocycles. The molecular weight excluding hydrogens is 262 g/mol. The largest absolute Gasteiger partial charge is 0.270 e. The van der Waals surface area contributed by atoms with Gasteiger partial charge in [-0.2, -0.15) is 0 Å². The molecule has 0 fully saturated rings. The van der Waals surface area contributed by atoms with Gasteiger partial charge in [0.15, 0.2) is 5.52 Å². The Morgan fingerprint density at radius 1 is 1.24 bits per heavy atom. The standard InChI is InChI=1S/C16H14N5/c1-19-14-11(4-3-6-18-14)13-16(19)20(2)15-12-8-17-7-5-10(12)9-21(13)15/h3-8H,9H2,1-2H3/q+1. The van der Waals surface area contributed by atoms with E-state index in [1.54, 1.807) is 0 Å². The van der Waals surface area contributed by atoms with Gasteiger partial charge >= 0.3 is 0 Å². The van der Waals surface area contributed by atoms with Gasteiger partial charge in [0.25, 0.3) is 5.65 Å². The number of imidazole rings is 1. The summed E-state index contributed by atoms with van der Waals surface area (Å²) in [5, 5.41) is 1.21. The van der Waals surface area contributed by atoms with Crippen molar-refractivity contribution in [3.8, 4) is 11.4 Å². The van der Waals surface area contributed by atoms with E-state index in [4.69, 9.17) is 0 Å². The number of rotatable bonds is 0. The number of pyridine rings is 2. The molecule has 0 unspecified atom stereocenters. The summed E-state index contributed by atoms with van der Waals surface area (Å²) in [6.45, 7) is 0.901. The van der Waals surface area contributed by atoms with Crippen molar-refractivity contribution in [1.82, 2.24) is 19.1 Å². The van der Waals surface area contributed by atoms with Crippen LogP contribution in [-0.4, -0.2) is 19.1 Å². The van der Waals surface area contributed by atoms with Gasteiger partial charge in [0.2, 0.25) is 11.5 Å². The van der Waals surface area contributed by atoms with Gasteiger partial charge < -0.3 is 0 Å². The Bertz CT molecular complexity index is 1040. The lowest BCUT2D eigenvalue weighted by Crippen LogP contribution is -2.31. The zero-order chi connectivity index (χ0) is 14.1. The molecular formula is C16H14N5+. The van der Waals surface area contributed by atoms with Crippen molar-refractivity contribution in [2.45, 2.75) is 6.54 Å². The summed E-state index contributed by atoms with van der Waals surface area (Å²) >= 11 is 0. The highest BCUT2D eigenvalue weighted by Crippen LogP contribution is 2.35. The van der Waals surface area contributed by atoms with Gasteiger partial charge in [0, 0.05) is 24.2 Å². The second-order valence-corrected chi connectivity index (χ2v) is 5.61. The number of hydrogen-bond donors (Lipinski definition) is 0. The van der Waals surface area contributed by atoms with E-state index >= 15 is 0 Å². The maximum absolute atomic E-state index is 4.53. The number of aromatic nitrogens is 5. The molecule has 5 rings (SSSR count). The zero-order valence-corrected chi connectivity index (χ0v) is 11.9. The van der Waals surface area contributed by atoms with Crippen LogP contribution < -0.4 is 4.57 Å². The lowest BCUT2D eigenvalue weighted by Gasteiger charge is -1.97. The Labute approximate surface area is 121 Å². The average molecular weight is 276 g/mol. The molecule has 4 aromatic heterocycles. The van der Waals surface area contributed by atoms with E-state index in [-0.39, 0.29) is 0 Å². The maximum atomic E-state index is 4.53. The minimum atomic E-state index is 0.901. The Morgan fingerprint density at radius 3 is 3.05 bits per heavy atom. The van der Waals surface area contributed by atoms with Gasteiger partial charge in [-0.05, 0) is 18.2 Å². The molecule has 0 bridgehead atoms. The third-order valence-electron chi connectivity index (χ3n) is 4.53. The monoisotopic (exact) mass is 276 g/mol. The summed E-state index contributed by atoms with van der Waals surface area (Å²) in [6.07, 6.45) is 5.69. The summed E-state index contributed by atoms with van der Waals surface area (Å²) in [6, 6.07) is 6.27. The predicted octanol–water partition coefficient (Wildman–Crippen LogP) is 1.78. The van der Waals surface area contributed by atoms with Gasteiger partial charge in [-0.15, -0.1) is 0 Å². The second kappa shape index (κ2) is 3.49. The first kappa shape index (κ1) is 11.0. The van der Waals surface area contributed by atoms with Crippen molar-refractivity contribution >= 4 is 22.2 Å². The maximum Gasteiger partial charge on any atom is 0.270 e. The summed E-state index contributed by atoms with van der Waals surface area (Å²) in [5.41, 5.74) is 6.05. The van der Waals surface area contributed by atoms with Gasteiger partial charge in [0.05, 0.1) is 31.6 Å². The van der Waals surface area contributed by atoms with Crippen LogP contribution in [0, 0.1) is 0 Å². The molecule has 0 spiro atoms. The van der Waals surface area contributed by atoms with Crippen molar-refractivity contribution in [3.05, 3.63) is 42.4 Å². The third kappa shape index (κ3) is 1.15. The lowest BCUT2D eigenvalue weighted by molar-refractivity contribution is -0.636. The summed E-state index contributed by atoms with van der Waals surface area (Å²) in [4.78, 5) is 8.82. The van der Waals surface area contributed by atoms with E-state index in [1.165, 1.54) is 33.5 Å². The molecule has 0 aromatic carbocycles. The highest BCUT2D eigenvalue weighted by molar-refractivity contribution is 6.03. The molecule has 0 N–H and O–H groups in total. The highest BCUT2D eigenvalue weighted by atomic mass is 15.2. The first-order chi connectivity index (χ1) is 10.3. The zero-order valence-electron chi connectivity index (χ0n) is 11.9. The fraction of sp³-hybridized carbons (Fsp3) is 0.188. The van der Waals surface area contributed by atoms with Gasteiger partial charge in [-0.3, -0.25) is 4.98 Å². The van der Waals surface area contributed by atoms with Crippen molar-refractivity contribution in [1.29, 1.82) is 0 Å². The van der Waals surface area contributed by atoms with Crippen LogP contribution in [0.2, 0.25) is 0 Å². The van der Waals surface area contributed by atoms with Crippen LogP contribution in [-0.2, 0) is 20.6 Å². The number of hydrogen-bond acceptors (Lipinski definition) is 2. The molecule has 5 heteroatoms. The highest BCUT2D eigenvalue weighted by Gasteiger charge is 2.34. The first-order valence-electron chi connectivity index (χ1n) is 7.02. The topological polar surface area (TPSA) is 39.5 Å². The second-order valence-electron chi connectivity index (χ2n) is 5.61. The van der Waals surface area contributed by atoms with Crippen LogP contribution in [0.4, 0.5) is 0 Å². The third-order valence-corrected chi connectivity index (χ3v) is 4.53. The summed E-state index contributed by atoms with van der Waals surface area (Å²) < 4.78 is 6.81. The van der Waals surface area contributed by atoms with Crippen molar-refractivity contribution in [2.75, 3.05) is 0 Å². The van der Waals surface area contributed by atoms with Crippen LogP contribution in [0.5, 0.6) is 0 Å². The quantitative estimate of drug-likeness (QED) is 0.404. The Morgan fingerprint density at radius 2 is 2.14 bits per heavy atom. The first-order valence-corrected chi connectivity index (χ1v) is 7.02. The molecule has 0 aliphatic carbocycles. The number of fused-ring (bicyclic) bond motifs is 7.